The fourth-order valence-corrected chi connectivity index (χ4v) is 2.11. The average Bonchev–Trinajstić information content (AvgIpc) is 2.35. The van der Waals surface area contributed by atoms with E-state index in [1.165, 1.54) is 6.07 Å². The molecule has 0 saturated heterocycles. The molecule has 0 aliphatic carbocycles. The summed E-state index contributed by atoms with van der Waals surface area (Å²) >= 11 is 6.02. The first-order valence-electron chi connectivity index (χ1n) is 5.75. The lowest BCUT2D eigenvalue weighted by Crippen LogP contribution is -2.05. The topological polar surface area (TPSA) is 20.2 Å². The third kappa shape index (κ3) is 2.89. The molecule has 1 N–H and O–H groups in total. The van der Waals surface area contributed by atoms with E-state index in [1.54, 1.807) is 18.2 Å². The highest BCUT2D eigenvalue weighted by Crippen LogP contribution is 2.25. The molecule has 94 valence electrons. The molecule has 0 heterocycles. The van der Waals surface area contributed by atoms with Crippen LogP contribution in [0.3, 0.4) is 0 Å². The zero-order chi connectivity index (χ0) is 13.1. The van der Waals surface area contributed by atoms with E-state index >= 15 is 0 Å². The van der Waals surface area contributed by atoms with Gasteiger partial charge in [-0.25, -0.2) is 4.39 Å². The summed E-state index contributed by atoms with van der Waals surface area (Å²) in [6, 6.07) is 12.0. The molecule has 2 aromatic rings. The predicted molar refractivity (Wildman–Crippen MR) is 71.3 cm³/mol. The molecule has 0 bridgehead atoms. The Balaban J connectivity index is 2.25. The molecule has 3 heteroatoms. The third-order valence-electron chi connectivity index (χ3n) is 2.88. The molecular weight excluding hydrogens is 251 g/mol. The van der Waals surface area contributed by atoms with Gasteiger partial charge in [0.25, 0.3) is 0 Å². The normalized spacial score (nSPS) is 12.4. The fourth-order valence-electron chi connectivity index (χ4n) is 1.90. The zero-order valence-electron chi connectivity index (χ0n) is 10.0. The minimum atomic E-state index is -0.884. The number of hydrogen-bond donors (Lipinski definition) is 1. The summed E-state index contributed by atoms with van der Waals surface area (Å²) in [4.78, 5) is 0. The molecule has 0 amide bonds. The molecule has 2 aromatic carbocycles. The van der Waals surface area contributed by atoms with Gasteiger partial charge in [0.1, 0.15) is 5.82 Å². The van der Waals surface area contributed by atoms with Gasteiger partial charge in [-0.15, -0.1) is 0 Å². The Morgan fingerprint density at radius 3 is 2.67 bits per heavy atom. The molecular formula is C15H14ClFO. The Bertz CT molecular complexity index is 554. The van der Waals surface area contributed by atoms with Crippen LogP contribution in [0, 0.1) is 12.7 Å². The van der Waals surface area contributed by atoms with E-state index in [-0.39, 0.29) is 5.82 Å². The van der Waals surface area contributed by atoms with Crippen molar-refractivity contribution in [3.63, 3.8) is 0 Å². The lowest BCUT2D eigenvalue weighted by Gasteiger charge is -2.13. The standard InChI is InChI=1S/C15H14ClFO/c1-10-6-7-14(17)12(8-10)15(18)9-11-4-2-3-5-13(11)16/h2-8,15,18H,9H2,1H3. The summed E-state index contributed by atoms with van der Waals surface area (Å²) < 4.78 is 13.6. The van der Waals surface area contributed by atoms with E-state index in [0.29, 0.717) is 17.0 Å². The molecule has 0 spiro atoms. The molecule has 2 rings (SSSR count). The number of halogens is 2. The van der Waals surface area contributed by atoms with E-state index in [9.17, 15) is 9.50 Å². The van der Waals surface area contributed by atoms with E-state index in [0.717, 1.165) is 11.1 Å². The van der Waals surface area contributed by atoms with Crippen LogP contribution in [0.2, 0.25) is 5.02 Å². The minimum absolute atomic E-state index is 0.306. The van der Waals surface area contributed by atoms with Crippen molar-refractivity contribution in [1.82, 2.24) is 0 Å². The highest BCUT2D eigenvalue weighted by atomic mass is 35.5. The quantitative estimate of drug-likeness (QED) is 0.886. The van der Waals surface area contributed by atoms with E-state index in [1.807, 2.05) is 25.1 Å². The molecule has 1 atom stereocenters. The van der Waals surface area contributed by atoms with Gasteiger partial charge in [0.05, 0.1) is 6.10 Å². The van der Waals surface area contributed by atoms with Gasteiger partial charge in [-0.05, 0) is 24.6 Å². The van der Waals surface area contributed by atoms with Crippen LogP contribution in [0.25, 0.3) is 0 Å². The van der Waals surface area contributed by atoms with Crippen LogP contribution < -0.4 is 0 Å². The Hall–Kier alpha value is -1.38. The van der Waals surface area contributed by atoms with Crippen molar-refractivity contribution < 1.29 is 9.50 Å². The van der Waals surface area contributed by atoms with Crippen LogP contribution >= 0.6 is 11.6 Å². The van der Waals surface area contributed by atoms with Crippen LogP contribution in [-0.2, 0) is 6.42 Å². The number of hydrogen-bond acceptors (Lipinski definition) is 1. The van der Waals surface area contributed by atoms with E-state index in [2.05, 4.69) is 0 Å². The molecule has 0 aliphatic rings. The van der Waals surface area contributed by atoms with Gasteiger partial charge >= 0.3 is 0 Å². The van der Waals surface area contributed by atoms with Crippen molar-refractivity contribution in [2.75, 3.05) is 0 Å². The average molecular weight is 265 g/mol. The lowest BCUT2D eigenvalue weighted by atomic mass is 9.99. The number of aryl methyl sites for hydroxylation is 1. The van der Waals surface area contributed by atoms with Crippen molar-refractivity contribution in [1.29, 1.82) is 0 Å². The van der Waals surface area contributed by atoms with Crippen molar-refractivity contribution >= 4 is 11.6 Å². The van der Waals surface area contributed by atoms with Crippen molar-refractivity contribution in [2.45, 2.75) is 19.4 Å². The van der Waals surface area contributed by atoms with E-state index in [4.69, 9.17) is 11.6 Å². The van der Waals surface area contributed by atoms with E-state index < -0.39 is 6.10 Å². The highest BCUT2D eigenvalue weighted by molar-refractivity contribution is 6.31. The van der Waals surface area contributed by atoms with Gasteiger partial charge in [-0.1, -0.05) is 47.5 Å². The summed E-state index contributed by atoms with van der Waals surface area (Å²) in [6.45, 7) is 1.87. The molecule has 0 aromatic heterocycles. The first-order chi connectivity index (χ1) is 8.58. The molecule has 1 nitrogen and oxygen atoms in total. The second kappa shape index (κ2) is 5.51. The van der Waals surface area contributed by atoms with Gasteiger partial charge in [0.2, 0.25) is 0 Å². The van der Waals surface area contributed by atoms with Gasteiger partial charge < -0.3 is 5.11 Å². The lowest BCUT2D eigenvalue weighted by molar-refractivity contribution is 0.173. The predicted octanol–water partition coefficient (Wildman–Crippen LogP) is 4.06. The van der Waals surface area contributed by atoms with Gasteiger partial charge in [-0.3, -0.25) is 0 Å². The highest BCUT2D eigenvalue weighted by Gasteiger charge is 2.14. The summed E-state index contributed by atoms with van der Waals surface area (Å²) in [5.41, 5.74) is 2.05. The number of aliphatic hydroxyl groups excluding tert-OH is 1. The minimum Gasteiger partial charge on any atom is -0.388 e. The monoisotopic (exact) mass is 264 g/mol. The zero-order valence-corrected chi connectivity index (χ0v) is 10.8. The molecule has 1 unspecified atom stereocenters. The maximum Gasteiger partial charge on any atom is 0.129 e. The van der Waals surface area contributed by atoms with Gasteiger partial charge in [0, 0.05) is 17.0 Å². The molecule has 18 heavy (non-hydrogen) atoms. The first-order valence-corrected chi connectivity index (χ1v) is 6.13. The van der Waals surface area contributed by atoms with Gasteiger partial charge in [0.15, 0.2) is 0 Å². The number of rotatable bonds is 3. The van der Waals surface area contributed by atoms with Crippen LogP contribution in [0.5, 0.6) is 0 Å². The second-order valence-corrected chi connectivity index (χ2v) is 4.74. The summed E-state index contributed by atoms with van der Waals surface area (Å²) in [5.74, 6) is -0.389. The van der Waals surface area contributed by atoms with Crippen molar-refractivity contribution in [3.05, 3.63) is 70.0 Å². The van der Waals surface area contributed by atoms with Crippen LogP contribution in [0.15, 0.2) is 42.5 Å². The second-order valence-electron chi connectivity index (χ2n) is 4.34. The van der Waals surface area contributed by atoms with Gasteiger partial charge in [-0.2, -0.15) is 0 Å². The summed E-state index contributed by atoms with van der Waals surface area (Å²) in [5, 5.41) is 10.7. The number of benzene rings is 2. The maximum absolute atomic E-state index is 13.6. The number of aliphatic hydroxyl groups is 1. The molecule has 0 radical (unpaired) electrons. The fraction of sp³-hybridized carbons (Fsp3) is 0.200. The Morgan fingerprint density at radius 2 is 1.94 bits per heavy atom. The molecule has 0 fully saturated rings. The molecule has 0 saturated carbocycles. The van der Waals surface area contributed by atoms with Crippen LogP contribution in [0.4, 0.5) is 4.39 Å². The largest absolute Gasteiger partial charge is 0.388 e. The molecule has 0 aliphatic heterocycles. The SMILES string of the molecule is Cc1ccc(F)c(C(O)Cc2ccccc2Cl)c1. The Morgan fingerprint density at radius 1 is 1.22 bits per heavy atom. The smallest absolute Gasteiger partial charge is 0.129 e. The maximum atomic E-state index is 13.6. The van der Waals surface area contributed by atoms with Crippen LogP contribution in [-0.4, -0.2) is 5.11 Å². The summed E-state index contributed by atoms with van der Waals surface area (Å²) in [6.07, 6.45) is -0.579. The Labute approximate surface area is 111 Å². The Kier molecular flexibility index (Phi) is 4.00. The van der Waals surface area contributed by atoms with Crippen LogP contribution in [0.1, 0.15) is 22.8 Å². The van der Waals surface area contributed by atoms with Crippen molar-refractivity contribution in [3.8, 4) is 0 Å². The third-order valence-corrected chi connectivity index (χ3v) is 3.25. The van der Waals surface area contributed by atoms with Crippen molar-refractivity contribution in [2.24, 2.45) is 0 Å². The summed E-state index contributed by atoms with van der Waals surface area (Å²) in [7, 11) is 0. The first kappa shape index (κ1) is 13.1.